The number of benzene rings is 2. The zero-order valence-electron chi connectivity index (χ0n) is 11.5. The highest BCUT2D eigenvalue weighted by atomic mass is 35.5. The lowest BCUT2D eigenvalue weighted by atomic mass is 10.1. The van der Waals surface area contributed by atoms with Gasteiger partial charge in [-0.2, -0.15) is 0 Å². The van der Waals surface area contributed by atoms with Gasteiger partial charge in [-0.3, -0.25) is 0 Å². The molecule has 0 spiro atoms. The Bertz CT molecular complexity index is 802. The summed E-state index contributed by atoms with van der Waals surface area (Å²) in [5.74, 6) is 1.20. The van der Waals surface area contributed by atoms with Crippen molar-refractivity contribution in [3.63, 3.8) is 0 Å². The van der Waals surface area contributed by atoms with E-state index in [9.17, 15) is 5.11 Å². The molecule has 21 heavy (non-hydrogen) atoms. The van der Waals surface area contributed by atoms with E-state index in [1.54, 1.807) is 12.3 Å². The standard InChI is InChI=1S/C17H14ClNO2/c1-11-8-13(6-7-16(11)18)21-17-15-5-3-2-4-14(15)12(10-20)9-19-17/h2-9,20H,10H2,1H3. The van der Waals surface area contributed by atoms with Crippen molar-refractivity contribution in [3.05, 3.63) is 64.8 Å². The second kappa shape index (κ2) is 5.72. The third kappa shape index (κ3) is 2.71. The Balaban J connectivity index is 2.06. The van der Waals surface area contributed by atoms with Crippen molar-refractivity contribution in [2.45, 2.75) is 13.5 Å². The van der Waals surface area contributed by atoms with E-state index in [0.717, 1.165) is 21.9 Å². The fourth-order valence-electron chi connectivity index (χ4n) is 2.22. The van der Waals surface area contributed by atoms with Gasteiger partial charge in [0.25, 0.3) is 0 Å². The summed E-state index contributed by atoms with van der Waals surface area (Å²) < 4.78 is 5.88. The van der Waals surface area contributed by atoms with Gasteiger partial charge in [-0.1, -0.05) is 29.8 Å². The van der Waals surface area contributed by atoms with E-state index >= 15 is 0 Å². The number of hydrogen-bond acceptors (Lipinski definition) is 3. The summed E-state index contributed by atoms with van der Waals surface area (Å²) in [5.41, 5.74) is 1.73. The van der Waals surface area contributed by atoms with Gasteiger partial charge in [-0.05, 0) is 42.1 Å². The van der Waals surface area contributed by atoms with Gasteiger partial charge in [0.2, 0.25) is 5.88 Å². The van der Waals surface area contributed by atoms with Crippen LogP contribution in [0.1, 0.15) is 11.1 Å². The molecular weight excluding hydrogens is 286 g/mol. The van der Waals surface area contributed by atoms with Crippen molar-refractivity contribution in [3.8, 4) is 11.6 Å². The van der Waals surface area contributed by atoms with Crippen LogP contribution in [0.3, 0.4) is 0 Å². The van der Waals surface area contributed by atoms with Crippen LogP contribution in [0.2, 0.25) is 5.02 Å². The average molecular weight is 300 g/mol. The summed E-state index contributed by atoms with van der Waals surface area (Å²) in [4.78, 5) is 4.31. The number of aliphatic hydroxyl groups excluding tert-OH is 1. The third-order valence-electron chi connectivity index (χ3n) is 3.36. The molecule has 106 valence electrons. The van der Waals surface area contributed by atoms with Crippen LogP contribution in [0, 0.1) is 6.92 Å². The van der Waals surface area contributed by atoms with Crippen LogP contribution in [0.4, 0.5) is 0 Å². The molecule has 0 saturated carbocycles. The summed E-state index contributed by atoms with van der Waals surface area (Å²) in [5, 5.41) is 11.9. The molecule has 0 amide bonds. The molecule has 1 N–H and O–H groups in total. The van der Waals surface area contributed by atoms with E-state index in [1.807, 2.05) is 43.3 Å². The number of nitrogens with zero attached hydrogens (tertiary/aromatic N) is 1. The summed E-state index contributed by atoms with van der Waals surface area (Å²) in [6.07, 6.45) is 1.64. The van der Waals surface area contributed by atoms with Gasteiger partial charge in [-0.25, -0.2) is 4.98 Å². The summed E-state index contributed by atoms with van der Waals surface area (Å²) in [7, 11) is 0. The quantitative estimate of drug-likeness (QED) is 0.775. The number of ether oxygens (including phenoxy) is 1. The zero-order chi connectivity index (χ0) is 14.8. The van der Waals surface area contributed by atoms with Crippen molar-refractivity contribution in [2.75, 3.05) is 0 Å². The van der Waals surface area contributed by atoms with Crippen LogP contribution < -0.4 is 4.74 Å². The van der Waals surface area contributed by atoms with Crippen molar-refractivity contribution in [1.82, 2.24) is 4.98 Å². The van der Waals surface area contributed by atoms with Crippen molar-refractivity contribution in [1.29, 1.82) is 0 Å². The van der Waals surface area contributed by atoms with Gasteiger partial charge >= 0.3 is 0 Å². The first kappa shape index (κ1) is 13.9. The van der Waals surface area contributed by atoms with Gasteiger partial charge in [0.15, 0.2) is 0 Å². The lowest BCUT2D eigenvalue weighted by Crippen LogP contribution is -1.94. The van der Waals surface area contributed by atoms with Crippen LogP contribution in [0.15, 0.2) is 48.7 Å². The normalized spacial score (nSPS) is 10.8. The molecule has 4 heteroatoms. The minimum atomic E-state index is -0.0478. The Kier molecular flexibility index (Phi) is 3.78. The van der Waals surface area contributed by atoms with Gasteiger partial charge in [0, 0.05) is 22.2 Å². The minimum absolute atomic E-state index is 0.0478. The molecule has 0 aliphatic rings. The minimum Gasteiger partial charge on any atom is -0.438 e. The van der Waals surface area contributed by atoms with Crippen LogP contribution >= 0.6 is 11.6 Å². The molecule has 1 aromatic heterocycles. The lowest BCUT2D eigenvalue weighted by molar-refractivity contribution is 0.283. The molecule has 0 unspecified atom stereocenters. The number of halogens is 1. The molecule has 3 rings (SSSR count). The van der Waals surface area contributed by atoms with Crippen LogP contribution in [0.25, 0.3) is 10.8 Å². The molecule has 0 aliphatic heterocycles. The Hall–Kier alpha value is -2.10. The number of aromatic nitrogens is 1. The van der Waals surface area contributed by atoms with E-state index in [4.69, 9.17) is 16.3 Å². The smallest absolute Gasteiger partial charge is 0.227 e. The predicted octanol–water partition coefficient (Wildman–Crippen LogP) is 4.48. The summed E-state index contributed by atoms with van der Waals surface area (Å²) >= 11 is 6.02. The first-order chi connectivity index (χ1) is 10.2. The van der Waals surface area contributed by atoms with E-state index in [2.05, 4.69) is 4.98 Å². The number of hydrogen-bond donors (Lipinski definition) is 1. The molecule has 0 atom stereocenters. The SMILES string of the molecule is Cc1cc(Oc2ncc(CO)c3ccccc23)ccc1Cl. The van der Waals surface area contributed by atoms with Gasteiger partial charge in [-0.15, -0.1) is 0 Å². The molecule has 0 saturated heterocycles. The Labute approximate surface area is 127 Å². The highest BCUT2D eigenvalue weighted by Gasteiger charge is 2.09. The maximum Gasteiger partial charge on any atom is 0.227 e. The number of aliphatic hydroxyl groups is 1. The second-order valence-electron chi connectivity index (χ2n) is 4.81. The molecule has 3 nitrogen and oxygen atoms in total. The monoisotopic (exact) mass is 299 g/mol. The number of rotatable bonds is 3. The average Bonchev–Trinajstić information content (AvgIpc) is 2.51. The fourth-order valence-corrected chi connectivity index (χ4v) is 2.34. The molecular formula is C17H14ClNO2. The Morgan fingerprint density at radius 2 is 1.90 bits per heavy atom. The molecule has 0 aliphatic carbocycles. The van der Waals surface area contributed by atoms with Gasteiger partial charge < -0.3 is 9.84 Å². The van der Waals surface area contributed by atoms with E-state index in [-0.39, 0.29) is 6.61 Å². The number of pyridine rings is 1. The maximum absolute atomic E-state index is 9.39. The summed E-state index contributed by atoms with van der Waals surface area (Å²) in [6, 6.07) is 13.2. The topological polar surface area (TPSA) is 42.4 Å². The van der Waals surface area contributed by atoms with Gasteiger partial charge in [0.05, 0.1) is 6.61 Å². The van der Waals surface area contributed by atoms with E-state index in [0.29, 0.717) is 16.7 Å². The van der Waals surface area contributed by atoms with E-state index in [1.165, 1.54) is 0 Å². The van der Waals surface area contributed by atoms with Gasteiger partial charge in [0.1, 0.15) is 5.75 Å². The maximum atomic E-state index is 9.39. The molecule has 0 bridgehead atoms. The first-order valence-corrected chi connectivity index (χ1v) is 6.98. The number of aryl methyl sites for hydroxylation is 1. The first-order valence-electron chi connectivity index (χ1n) is 6.60. The molecule has 0 radical (unpaired) electrons. The Morgan fingerprint density at radius 3 is 2.62 bits per heavy atom. The van der Waals surface area contributed by atoms with Crippen molar-refractivity contribution >= 4 is 22.4 Å². The lowest BCUT2D eigenvalue weighted by Gasteiger charge is -2.11. The molecule has 0 fully saturated rings. The summed E-state index contributed by atoms with van der Waals surface area (Å²) in [6.45, 7) is 1.88. The molecule has 2 aromatic carbocycles. The fraction of sp³-hybridized carbons (Fsp3) is 0.118. The van der Waals surface area contributed by atoms with Crippen LogP contribution in [0.5, 0.6) is 11.6 Å². The van der Waals surface area contributed by atoms with E-state index < -0.39 is 0 Å². The number of fused-ring (bicyclic) bond motifs is 1. The molecule has 3 aromatic rings. The highest BCUT2D eigenvalue weighted by molar-refractivity contribution is 6.31. The Morgan fingerprint density at radius 1 is 1.14 bits per heavy atom. The molecule has 1 heterocycles. The largest absolute Gasteiger partial charge is 0.438 e. The second-order valence-corrected chi connectivity index (χ2v) is 5.21. The predicted molar refractivity (Wildman–Crippen MR) is 83.9 cm³/mol. The van der Waals surface area contributed by atoms with Crippen LogP contribution in [-0.2, 0) is 6.61 Å². The zero-order valence-corrected chi connectivity index (χ0v) is 12.3. The highest BCUT2D eigenvalue weighted by Crippen LogP contribution is 2.31. The van der Waals surface area contributed by atoms with Crippen molar-refractivity contribution < 1.29 is 9.84 Å². The van der Waals surface area contributed by atoms with Crippen molar-refractivity contribution in [2.24, 2.45) is 0 Å². The third-order valence-corrected chi connectivity index (χ3v) is 3.78. The van der Waals surface area contributed by atoms with Crippen LogP contribution in [-0.4, -0.2) is 10.1 Å².